The fourth-order valence-corrected chi connectivity index (χ4v) is 2.47. The van der Waals surface area contributed by atoms with E-state index in [1.54, 1.807) is 0 Å². The number of likely N-dealkylation sites (N-methyl/N-ethyl adjacent to an activating group) is 1. The van der Waals surface area contributed by atoms with Crippen LogP contribution in [0.15, 0.2) is 24.3 Å². The van der Waals surface area contributed by atoms with Crippen molar-refractivity contribution in [2.45, 2.75) is 6.92 Å². The number of rotatable bonds is 5. The second-order valence-electron chi connectivity index (χ2n) is 4.48. The molecule has 0 aliphatic carbocycles. The summed E-state index contributed by atoms with van der Waals surface area (Å²) in [5.41, 5.74) is 1.79. The van der Waals surface area contributed by atoms with Crippen molar-refractivity contribution in [2.24, 2.45) is 0 Å². The molecule has 0 heterocycles. The molecule has 4 nitrogen and oxygen atoms in total. The summed E-state index contributed by atoms with van der Waals surface area (Å²) < 4.78 is 25.0. The van der Waals surface area contributed by atoms with Crippen LogP contribution in [0.4, 0.5) is 5.69 Å². The zero-order valence-corrected chi connectivity index (χ0v) is 11.7. The minimum Gasteiger partial charge on any atom is -0.308 e. The fraction of sp³-hybridized carbons (Fsp3) is 0.500. The summed E-state index contributed by atoms with van der Waals surface area (Å²) in [6.07, 6.45) is 1.24. The lowest BCUT2D eigenvalue weighted by Crippen LogP contribution is -2.36. The van der Waals surface area contributed by atoms with E-state index in [2.05, 4.69) is 0 Å². The zero-order chi connectivity index (χ0) is 13.1. The summed E-state index contributed by atoms with van der Waals surface area (Å²) in [6.45, 7) is 3.12. The first-order chi connectivity index (χ1) is 7.80. The molecule has 0 fully saturated rings. The third kappa shape index (κ3) is 4.36. The maximum atomic E-state index is 11.8. The number of benzene rings is 1. The van der Waals surface area contributed by atoms with Gasteiger partial charge in [0, 0.05) is 13.1 Å². The number of nitrogens with zero attached hydrogens (tertiary/aromatic N) is 2. The molecular formula is C12H20N2O2S. The smallest absolute Gasteiger partial charge is 0.232 e. The highest BCUT2D eigenvalue weighted by Crippen LogP contribution is 2.18. The van der Waals surface area contributed by atoms with Crippen molar-refractivity contribution in [1.82, 2.24) is 4.90 Å². The van der Waals surface area contributed by atoms with Crippen molar-refractivity contribution < 1.29 is 8.42 Å². The Balaban J connectivity index is 2.99. The molecule has 1 rings (SSSR count). The molecule has 0 aliphatic rings. The van der Waals surface area contributed by atoms with Crippen LogP contribution in [0.5, 0.6) is 0 Å². The topological polar surface area (TPSA) is 40.6 Å². The SMILES string of the molecule is Cc1cccc(N(CCN(C)C)S(C)(=O)=O)c1. The summed E-state index contributed by atoms with van der Waals surface area (Å²) in [6, 6.07) is 7.54. The number of aryl methyl sites for hydroxylation is 1. The van der Waals surface area contributed by atoms with Crippen LogP contribution in [0.3, 0.4) is 0 Å². The summed E-state index contributed by atoms with van der Waals surface area (Å²) in [7, 11) is 0.631. The van der Waals surface area contributed by atoms with Crippen molar-refractivity contribution in [3.8, 4) is 0 Å². The lowest BCUT2D eigenvalue weighted by Gasteiger charge is -2.24. The molecule has 5 heteroatoms. The van der Waals surface area contributed by atoms with E-state index in [9.17, 15) is 8.42 Å². The van der Waals surface area contributed by atoms with Crippen molar-refractivity contribution in [3.63, 3.8) is 0 Å². The van der Waals surface area contributed by atoms with Gasteiger partial charge in [0.05, 0.1) is 11.9 Å². The average Bonchev–Trinajstić information content (AvgIpc) is 2.15. The van der Waals surface area contributed by atoms with E-state index < -0.39 is 10.0 Å². The highest BCUT2D eigenvalue weighted by atomic mass is 32.2. The summed E-state index contributed by atoms with van der Waals surface area (Å²) >= 11 is 0. The lowest BCUT2D eigenvalue weighted by molar-refractivity contribution is 0.419. The minimum atomic E-state index is -3.22. The molecule has 1 aromatic carbocycles. The second-order valence-corrected chi connectivity index (χ2v) is 6.38. The minimum absolute atomic E-state index is 0.468. The molecule has 96 valence electrons. The predicted octanol–water partition coefficient (Wildman–Crippen LogP) is 1.32. The number of hydrogen-bond acceptors (Lipinski definition) is 3. The van der Waals surface area contributed by atoms with E-state index in [0.717, 1.165) is 11.3 Å². The Labute approximate surface area is 104 Å². The number of anilines is 1. The molecule has 0 amide bonds. The van der Waals surface area contributed by atoms with Crippen LogP contribution in [0.1, 0.15) is 5.56 Å². The Kier molecular flexibility index (Phi) is 4.54. The Hall–Kier alpha value is -1.07. The Morgan fingerprint density at radius 1 is 1.18 bits per heavy atom. The van der Waals surface area contributed by atoms with Crippen LogP contribution in [0.25, 0.3) is 0 Å². The molecular weight excluding hydrogens is 236 g/mol. The fourth-order valence-electron chi connectivity index (χ4n) is 1.56. The zero-order valence-electron chi connectivity index (χ0n) is 10.8. The summed E-state index contributed by atoms with van der Waals surface area (Å²) in [5.74, 6) is 0. The van der Waals surface area contributed by atoms with Crippen molar-refractivity contribution in [3.05, 3.63) is 29.8 Å². The van der Waals surface area contributed by atoms with Gasteiger partial charge >= 0.3 is 0 Å². The normalized spacial score (nSPS) is 11.8. The molecule has 0 bridgehead atoms. The molecule has 17 heavy (non-hydrogen) atoms. The van der Waals surface area contributed by atoms with Crippen molar-refractivity contribution >= 4 is 15.7 Å². The quantitative estimate of drug-likeness (QED) is 0.798. The average molecular weight is 256 g/mol. The van der Waals surface area contributed by atoms with Crippen LogP contribution in [0.2, 0.25) is 0 Å². The number of hydrogen-bond donors (Lipinski definition) is 0. The van der Waals surface area contributed by atoms with Gasteiger partial charge in [0.1, 0.15) is 0 Å². The van der Waals surface area contributed by atoms with Gasteiger partial charge in [-0.15, -0.1) is 0 Å². The maximum absolute atomic E-state index is 11.8. The van der Waals surface area contributed by atoms with Crippen molar-refractivity contribution in [1.29, 1.82) is 0 Å². The molecule has 0 saturated heterocycles. The van der Waals surface area contributed by atoms with Crippen LogP contribution in [-0.4, -0.2) is 46.8 Å². The van der Waals surface area contributed by atoms with Gasteiger partial charge in [-0.3, -0.25) is 4.31 Å². The van der Waals surface area contributed by atoms with Gasteiger partial charge in [-0.2, -0.15) is 0 Å². The van der Waals surface area contributed by atoms with Gasteiger partial charge in [-0.1, -0.05) is 12.1 Å². The van der Waals surface area contributed by atoms with E-state index in [1.165, 1.54) is 10.6 Å². The standard InChI is InChI=1S/C12H20N2O2S/c1-11-6-5-7-12(10-11)14(17(4,15)16)9-8-13(2)3/h5-7,10H,8-9H2,1-4H3. The van der Waals surface area contributed by atoms with Gasteiger partial charge in [0.25, 0.3) is 0 Å². The van der Waals surface area contributed by atoms with Crippen LogP contribution in [0, 0.1) is 6.92 Å². The Morgan fingerprint density at radius 3 is 2.29 bits per heavy atom. The molecule has 0 aromatic heterocycles. The third-order valence-electron chi connectivity index (χ3n) is 2.44. The second kappa shape index (κ2) is 5.51. The van der Waals surface area contributed by atoms with Gasteiger partial charge in [0.15, 0.2) is 0 Å². The van der Waals surface area contributed by atoms with E-state index in [-0.39, 0.29) is 0 Å². The van der Waals surface area contributed by atoms with E-state index in [0.29, 0.717) is 13.1 Å². The highest BCUT2D eigenvalue weighted by Gasteiger charge is 2.17. The first-order valence-electron chi connectivity index (χ1n) is 5.50. The lowest BCUT2D eigenvalue weighted by atomic mass is 10.2. The molecule has 0 saturated carbocycles. The third-order valence-corrected chi connectivity index (χ3v) is 3.63. The molecule has 0 spiro atoms. The van der Waals surface area contributed by atoms with Crippen LogP contribution in [-0.2, 0) is 10.0 Å². The Bertz CT molecular complexity index is 469. The molecule has 1 aromatic rings. The molecule has 0 radical (unpaired) electrons. The van der Waals surface area contributed by atoms with Gasteiger partial charge in [-0.25, -0.2) is 8.42 Å². The van der Waals surface area contributed by atoms with E-state index in [4.69, 9.17) is 0 Å². The highest BCUT2D eigenvalue weighted by molar-refractivity contribution is 7.92. The molecule has 0 N–H and O–H groups in total. The van der Waals surface area contributed by atoms with Gasteiger partial charge in [0.2, 0.25) is 10.0 Å². The molecule has 0 unspecified atom stereocenters. The first kappa shape index (κ1) is 14.0. The van der Waals surface area contributed by atoms with Crippen LogP contribution >= 0.6 is 0 Å². The molecule has 0 aliphatic heterocycles. The summed E-state index contributed by atoms with van der Waals surface area (Å²) in [4.78, 5) is 1.97. The maximum Gasteiger partial charge on any atom is 0.232 e. The first-order valence-corrected chi connectivity index (χ1v) is 7.34. The monoisotopic (exact) mass is 256 g/mol. The number of sulfonamides is 1. The molecule has 0 atom stereocenters. The van der Waals surface area contributed by atoms with Crippen LogP contribution < -0.4 is 4.31 Å². The predicted molar refractivity (Wildman–Crippen MR) is 71.9 cm³/mol. The van der Waals surface area contributed by atoms with Crippen molar-refractivity contribution in [2.75, 3.05) is 37.7 Å². The van der Waals surface area contributed by atoms with Gasteiger partial charge < -0.3 is 4.90 Å². The van der Waals surface area contributed by atoms with E-state index in [1.807, 2.05) is 50.2 Å². The Morgan fingerprint density at radius 2 is 1.82 bits per heavy atom. The van der Waals surface area contributed by atoms with E-state index >= 15 is 0 Å². The summed E-state index contributed by atoms with van der Waals surface area (Å²) in [5, 5.41) is 0. The van der Waals surface area contributed by atoms with Gasteiger partial charge in [-0.05, 0) is 38.7 Å². The largest absolute Gasteiger partial charge is 0.308 e.